The molecular formula is C36H38FN3O5S. The molecule has 0 aliphatic heterocycles. The van der Waals surface area contributed by atoms with E-state index in [1.54, 1.807) is 73.7 Å². The zero-order valence-corrected chi connectivity index (χ0v) is 26.5. The Bertz CT molecular complexity index is 1700. The maximum absolute atomic E-state index is 14.2. The van der Waals surface area contributed by atoms with Gasteiger partial charge in [0.05, 0.1) is 10.6 Å². The van der Waals surface area contributed by atoms with E-state index in [2.05, 4.69) is 5.32 Å². The van der Waals surface area contributed by atoms with E-state index in [0.29, 0.717) is 17.1 Å². The lowest BCUT2D eigenvalue weighted by molar-refractivity contribution is -0.139. The molecule has 1 atom stereocenters. The number of sulfonamides is 1. The van der Waals surface area contributed by atoms with E-state index < -0.39 is 34.3 Å². The summed E-state index contributed by atoms with van der Waals surface area (Å²) in [6, 6.07) is 28.3. The van der Waals surface area contributed by atoms with Gasteiger partial charge in [-0.2, -0.15) is 0 Å². The van der Waals surface area contributed by atoms with Gasteiger partial charge in [-0.3, -0.25) is 13.9 Å². The van der Waals surface area contributed by atoms with Gasteiger partial charge in [-0.15, -0.1) is 0 Å². The van der Waals surface area contributed by atoms with Crippen LogP contribution in [0.1, 0.15) is 44.6 Å². The highest BCUT2D eigenvalue weighted by Crippen LogP contribution is 2.29. The number of anilines is 1. The number of ether oxygens (including phenoxy) is 1. The van der Waals surface area contributed by atoms with Crippen molar-refractivity contribution >= 4 is 27.5 Å². The first kappa shape index (κ1) is 32.7. The molecule has 10 heteroatoms. The number of carbonyl (C=O) groups is 2. The molecule has 1 N–H and O–H groups in total. The van der Waals surface area contributed by atoms with E-state index in [1.165, 1.54) is 29.2 Å². The highest BCUT2D eigenvalue weighted by molar-refractivity contribution is 7.92. The molecule has 0 heterocycles. The van der Waals surface area contributed by atoms with Crippen LogP contribution in [0, 0.1) is 5.82 Å². The van der Waals surface area contributed by atoms with Gasteiger partial charge in [-0.25, -0.2) is 12.8 Å². The molecule has 46 heavy (non-hydrogen) atoms. The van der Waals surface area contributed by atoms with E-state index in [0.717, 1.165) is 36.4 Å². The quantitative estimate of drug-likeness (QED) is 0.186. The van der Waals surface area contributed by atoms with Crippen molar-refractivity contribution in [2.24, 2.45) is 0 Å². The van der Waals surface area contributed by atoms with Gasteiger partial charge in [0.15, 0.2) is 0 Å². The first-order valence-corrected chi connectivity index (χ1v) is 16.9. The maximum Gasteiger partial charge on any atom is 0.264 e. The molecule has 0 aromatic heterocycles. The largest absolute Gasteiger partial charge is 0.457 e. The minimum absolute atomic E-state index is 0.0125. The maximum atomic E-state index is 14.2. The van der Waals surface area contributed by atoms with Gasteiger partial charge in [0.25, 0.3) is 10.0 Å². The third-order valence-corrected chi connectivity index (χ3v) is 9.89. The van der Waals surface area contributed by atoms with Crippen molar-refractivity contribution in [1.29, 1.82) is 0 Å². The first-order valence-electron chi connectivity index (χ1n) is 15.5. The van der Waals surface area contributed by atoms with E-state index in [4.69, 9.17) is 4.74 Å². The van der Waals surface area contributed by atoms with Crippen LogP contribution in [0.25, 0.3) is 0 Å². The monoisotopic (exact) mass is 643 g/mol. The average molecular weight is 644 g/mol. The number of rotatable bonds is 12. The summed E-state index contributed by atoms with van der Waals surface area (Å²) >= 11 is 0. The van der Waals surface area contributed by atoms with Gasteiger partial charge in [0.1, 0.15) is 29.9 Å². The van der Waals surface area contributed by atoms with Crippen LogP contribution < -0.4 is 14.4 Å². The Morgan fingerprint density at radius 1 is 0.826 bits per heavy atom. The third kappa shape index (κ3) is 8.31. The van der Waals surface area contributed by atoms with Crippen molar-refractivity contribution in [2.75, 3.05) is 10.8 Å². The van der Waals surface area contributed by atoms with Crippen LogP contribution in [-0.2, 0) is 26.2 Å². The second-order valence-corrected chi connectivity index (χ2v) is 13.3. The molecule has 0 spiro atoms. The predicted molar refractivity (Wildman–Crippen MR) is 175 cm³/mol. The molecule has 5 rings (SSSR count). The zero-order chi connectivity index (χ0) is 32.5. The van der Waals surface area contributed by atoms with Crippen LogP contribution in [-0.4, -0.2) is 43.8 Å². The standard InChI is InChI=1S/C36H38FN3O5S/c1-27(36(42)38-30-11-5-2-6-12-30)39(25-28-17-19-29(37)20-18-28)35(41)26-40(46(43,44)34-15-9-4-10-16-34)31-21-23-33(24-22-31)45-32-13-7-3-8-14-32/h3-4,7-10,13-24,27,30H,2,5-6,11-12,25-26H2,1H3,(H,38,42)/t27-/m1/s1. The molecule has 1 fully saturated rings. The molecule has 8 nitrogen and oxygen atoms in total. The lowest BCUT2D eigenvalue weighted by atomic mass is 9.95. The lowest BCUT2D eigenvalue weighted by Gasteiger charge is -2.33. The summed E-state index contributed by atoms with van der Waals surface area (Å²) in [7, 11) is -4.21. The van der Waals surface area contributed by atoms with E-state index in [9.17, 15) is 22.4 Å². The fourth-order valence-electron chi connectivity index (χ4n) is 5.49. The number of nitrogens with one attached hydrogen (secondary N) is 1. The number of hydrogen-bond donors (Lipinski definition) is 1. The van der Waals surface area contributed by atoms with Crippen molar-refractivity contribution in [3.63, 3.8) is 0 Å². The first-order chi connectivity index (χ1) is 22.2. The van der Waals surface area contributed by atoms with Crippen molar-refractivity contribution in [2.45, 2.75) is 62.6 Å². The number of hydrogen-bond acceptors (Lipinski definition) is 5. The molecule has 1 saturated carbocycles. The van der Waals surface area contributed by atoms with Crippen molar-refractivity contribution in [1.82, 2.24) is 10.2 Å². The number of halogens is 1. The van der Waals surface area contributed by atoms with Gasteiger partial charge in [-0.05, 0) is 86.0 Å². The summed E-state index contributed by atoms with van der Waals surface area (Å²) in [5.74, 6) is -0.216. The number of benzene rings is 4. The van der Waals surface area contributed by atoms with Crippen LogP contribution in [0.4, 0.5) is 10.1 Å². The van der Waals surface area contributed by atoms with Crippen molar-refractivity contribution < 1.29 is 27.1 Å². The van der Waals surface area contributed by atoms with Gasteiger partial charge in [0, 0.05) is 12.6 Å². The summed E-state index contributed by atoms with van der Waals surface area (Å²) in [6.45, 7) is 1.05. The highest BCUT2D eigenvalue weighted by Gasteiger charge is 2.33. The second kappa shape index (κ2) is 15.1. The third-order valence-electron chi connectivity index (χ3n) is 8.10. The Morgan fingerprint density at radius 3 is 2.04 bits per heavy atom. The smallest absolute Gasteiger partial charge is 0.264 e. The number of para-hydroxylation sites is 1. The average Bonchev–Trinajstić information content (AvgIpc) is 3.08. The molecular weight excluding hydrogens is 605 g/mol. The zero-order valence-electron chi connectivity index (χ0n) is 25.7. The molecule has 0 unspecified atom stereocenters. The van der Waals surface area contributed by atoms with Crippen LogP contribution in [0.2, 0.25) is 0 Å². The normalized spacial score (nSPS) is 14.2. The number of nitrogens with zero attached hydrogens (tertiary/aromatic N) is 2. The highest BCUT2D eigenvalue weighted by atomic mass is 32.2. The summed E-state index contributed by atoms with van der Waals surface area (Å²) in [6.07, 6.45) is 4.93. The lowest BCUT2D eigenvalue weighted by Crippen LogP contribution is -2.53. The Balaban J connectivity index is 1.45. The molecule has 0 saturated heterocycles. The molecule has 1 aliphatic rings. The van der Waals surface area contributed by atoms with E-state index in [-0.39, 0.29) is 29.1 Å². The molecule has 4 aromatic rings. The Labute approximate surface area is 269 Å². The summed E-state index contributed by atoms with van der Waals surface area (Å²) in [5.41, 5.74) is 0.852. The van der Waals surface area contributed by atoms with Gasteiger partial charge >= 0.3 is 0 Å². The molecule has 240 valence electrons. The number of amides is 2. The fourth-order valence-corrected chi connectivity index (χ4v) is 6.93. The molecule has 1 aliphatic carbocycles. The predicted octanol–water partition coefficient (Wildman–Crippen LogP) is 6.68. The molecule has 0 bridgehead atoms. The Hall–Kier alpha value is -4.70. The molecule has 4 aromatic carbocycles. The topological polar surface area (TPSA) is 96.0 Å². The van der Waals surface area contributed by atoms with Gasteiger partial charge in [-0.1, -0.05) is 67.8 Å². The number of carbonyl (C=O) groups excluding carboxylic acids is 2. The summed E-state index contributed by atoms with van der Waals surface area (Å²) in [5, 5.41) is 3.08. The molecule has 0 radical (unpaired) electrons. The van der Waals surface area contributed by atoms with Gasteiger partial charge < -0.3 is 15.0 Å². The van der Waals surface area contributed by atoms with Crippen LogP contribution in [0.15, 0.2) is 114 Å². The van der Waals surface area contributed by atoms with Gasteiger partial charge in [0.2, 0.25) is 11.8 Å². The van der Waals surface area contributed by atoms with Crippen LogP contribution >= 0.6 is 0 Å². The summed E-state index contributed by atoms with van der Waals surface area (Å²) < 4.78 is 48.7. The Kier molecular flexibility index (Phi) is 10.7. The van der Waals surface area contributed by atoms with Crippen LogP contribution in [0.3, 0.4) is 0 Å². The second-order valence-electron chi connectivity index (χ2n) is 11.4. The SMILES string of the molecule is C[C@H](C(=O)NC1CCCCC1)N(Cc1ccc(F)cc1)C(=O)CN(c1ccc(Oc2ccccc2)cc1)S(=O)(=O)c1ccccc1. The summed E-state index contributed by atoms with van der Waals surface area (Å²) in [4.78, 5) is 29.0. The van der Waals surface area contributed by atoms with Crippen LogP contribution in [0.5, 0.6) is 11.5 Å². The van der Waals surface area contributed by atoms with E-state index >= 15 is 0 Å². The fraction of sp³-hybridized carbons (Fsp3) is 0.278. The van der Waals surface area contributed by atoms with Crippen molar-refractivity contribution in [3.05, 3.63) is 121 Å². The Morgan fingerprint density at radius 2 is 1.41 bits per heavy atom. The minimum Gasteiger partial charge on any atom is -0.457 e. The minimum atomic E-state index is -4.21. The van der Waals surface area contributed by atoms with Crippen molar-refractivity contribution in [3.8, 4) is 11.5 Å². The van der Waals surface area contributed by atoms with E-state index in [1.807, 2.05) is 18.2 Å². The molecule has 2 amide bonds.